The molecule has 3 atom stereocenters. The highest BCUT2D eigenvalue weighted by atomic mass is 31.2. The molecule has 0 saturated carbocycles. The zero-order chi connectivity index (χ0) is 59.3. The maximum atomic E-state index is 13.6. The van der Waals surface area contributed by atoms with Crippen LogP contribution in [0.4, 0.5) is 0 Å². The molecular weight excluding hydrogens is 1020 g/mol. The lowest BCUT2D eigenvalue weighted by Crippen LogP contribution is -2.47. The molecule has 10 heteroatoms. The first-order valence-corrected chi connectivity index (χ1v) is 33.6. The molecule has 0 aliphatic heterocycles. The van der Waals surface area contributed by atoms with Gasteiger partial charge in [0.2, 0.25) is 5.91 Å². The average molecular weight is 1140 g/mol. The lowest BCUT2D eigenvalue weighted by Gasteiger charge is -2.30. The van der Waals surface area contributed by atoms with Gasteiger partial charge in [0.15, 0.2) is 0 Å². The van der Waals surface area contributed by atoms with Gasteiger partial charge >= 0.3 is 5.97 Å². The number of likely N-dealkylation sites (N-methyl/N-ethyl adjacent to an activating group) is 1. The molecule has 0 spiro atoms. The number of quaternary nitrogens is 1. The van der Waals surface area contributed by atoms with E-state index in [0.29, 0.717) is 23.9 Å². The third-order valence-corrected chi connectivity index (χ3v) is 14.2. The van der Waals surface area contributed by atoms with Gasteiger partial charge in [-0.25, -0.2) is 0 Å². The predicted molar refractivity (Wildman–Crippen MR) is 348 cm³/mol. The molecule has 0 saturated heterocycles. The molecule has 0 fully saturated rings. The van der Waals surface area contributed by atoms with E-state index in [1.165, 1.54) is 70.6 Å². The molecule has 0 aromatic carbocycles. The second-order valence-corrected chi connectivity index (χ2v) is 23.6. The van der Waals surface area contributed by atoms with Gasteiger partial charge in [-0.05, 0) is 122 Å². The van der Waals surface area contributed by atoms with Gasteiger partial charge in [0.25, 0.3) is 7.82 Å². The van der Waals surface area contributed by atoms with E-state index in [-0.39, 0.29) is 25.4 Å². The molecule has 0 aliphatic carbocycles. The molecule has 1 N–H and O–H groups in total. The Morgan fingerprint density at radius 3 is 1.21 bits per heavy atom. The third-order valence-electron chi connectivity index (χ3n) is 13.3. The molecule has 0 radical (unpaired) electrons. The first kappa shape index (κ1) is 76.9. The molecule has 9 nitrogen and oxygen atoms in total. The van der Waals surface area contributed by atoms with E-state index in [4.69, 9.17) is 13.8 Å². The fourth-order valence-corrected chi connectivity index (χ4v) is 9.11. The second-order valence-electron chi connectivity index (χ2n) is 22.1. The average Bonchev–Trinajstić information content (AvgIpc) is 3.43. The number of phosphoric ester groups is 1. The Hall–Kier alpha value is -4.11. The molecule has 0 bridgehead atoms. The minimum absolute atomic E-state index is 0.0411. The number of carbonyl (C=O) groups excluding carboxylic acids is 2. The smallest absolute Gasteiger partial charge is 0.306 e. The summed E-state index contributed by atoms with van der Waals surface area (Å²) in [5.41, 5.74) is 0. The molecule has 81 heavy (non-hydrogen) atoms. The van der Waals surface area contributed by atoms with E-state index < -0.39 is 32.5 Å². The van der Waals surface area contributed by atoms with Crippen LogP contribution in [0.5, 0.6) is 0 Å². The number of nitrogens with one attached hydrogen (secondary N) is 1. The van der Waals surface area contributed by atoms with E-state index in [9.17, 15) is 19.0 Å². The van der Waals surface area contributed by atoms with Crippen molar-refractivity contribution < 1.29 is 37.3 Å². The highest BCUT2D eigenvalue weighted by Gasteiger charge is 2.27. The van der Waals surface area contributed by atoms with Gasteiger partial charge < -0.3 is 28.5 Å². The van der Waals surface area contributed by atoms with Gasteiger partial charge in [0, 0.05) is 12.8 Å². The lowest BCUT2D eigenvalue weighted by atomic mass is 10.0. The zero-order valence-corrected chi connectivity index (χ0v) is 53.3. The van der Waals surface area contributed by atoms with Crippen molar-refractivity contribution in [1.29, 1.82) is 0 Å². The summed E-state index contributed by atoms with van der Waals surface area (Å²) in [6.07, 6.45) is 85.4. The molecule has 3 unspecified atom stereocenters. The van der Waals surface area contributed by atoms with Crippen molar-refractivity contribution in [3.05, 3.63) is 146 Å². The van der Waals surface area contributed by atoms with Crippen molar-refractivity contribution in [2.75, 3.05) is 40.9 Å². The van der Waals surface area contributed by atoms with Gasteiger partial charge in [0.1, 0.15) is 19.3 Å². The van der Waals surface area contributed by atoms with Gasteiger partial charge in [-0.3, -0.25) is 14.2 Å². The summed E-state index contributed by atoms with van der Waals surface area (Å²) in [5, 5.41) is 3.01. The maximum Gasteiger partial charge on any atom is 0.306 e. The number of rotatable bonds is 56. The number of unbranched alkanes of at least 4 members (excludes halogenated alkanes) is 18. The Kier molecular flexibility index (Phi) is 56.1. The van der Waals surface area contributed by atoms with E-state index in [1.807, 2.05) is 27.2 Å². The summed E-state index contributed by atoms with van der Waals surface area (Å²) < 4.78 is 30.3. The normalized spacial score (nSPS) is 14.6. The summed E-state index contributed by atoms with van der Waals surface area (Å²) in [6.45, 7) is 6.54. The van der Waals surface area contributed by atoms with Gasteiger partial charge in [-0.1, -0.05) is 250 Å². The number of nitrogens with zero attached hydrogens (tertiary/aromatic N) is 1. The van der Waals surface area contributed by atoms with Gasteiger partial charge in [0.05, 0.1) is 33.8 Å². The van der Waals surface area contributed by atoms with Crippen LogP contribution in [0.15, 0.2) is 146 Å². The molecule has 1 amide bonds. The van der Waals surface area contributed by atoms with Gasteiger partial charge in [-0.2, -0.15) is 0 Å². The molecule has 0 rings (SSSR count). The van der Waals surface area contributed by atoms with E-state index in [0.717, 1.165) is 122 Å². The van der Waals surface area contributed by atoms with Crippen molar-refractivity contribution in [1.82, 2.24) is 5.32 Å². The molecule has 460 valence electrons. The van der Waals surface area contributed by atoms with E-state index in [1.54, 1.807) is 6.08 Å². The van der Waals surface area contributed by atoms with Crippen LogP contribution in [0.3, 0.4) is 0 Å². The highest BCUT2D eigenvalue weighted by molar-refractivity contribution is 7.45. The minimum atomic E-state index is -4.72. The topological polar surface area (TPSA) is 114 Å². The third kappa shape index (κ3) is 60.3. The molecule has 0 aliphatic rings. The monoisotopic (exact) mass is 1140 g/mol. The van der Waals surface area contributed by atoms with Crippen LogP contribution in [0.1, 0.15) is 239 Å². The number of hydrogen-bond donors (Lipinski definition) is 1. The minimum Gasteiger partial charge on any atom is -0.756 e. The Morgan fingerprint density at radius 2 is 0.802 bits per heavy atom. The number of amides is 1. The number of hydrogen-bond acceptors (Lipinski definition) is 7. The van der Waals surface area contributed by atoms with Crippen LogP contribution in [0.25, 0.3) is 0 Å². The highest BCUT2D eigenvalue weighted by Crippen LogP contribution is 2.38. The molecule has 0 aromatic rings. The van der Waals surface area contributed by atoms with Crippen LogP contribution in [-0.4, -0.2) is 69.4 Å². The SMILES string of the molecule is CC/C=C\C/C=C\C/C=C\C/C=C\C/C=C\C/C=C\CCCCCCCCCCC(=O)NC(COP(=O)([O-])OCC[N+](C)(C)C)C(/C=C\CCCCCCCCCCC)OC(=O)CCC/C=C\C/C=C\C/C=C\C/C=C\C/C=C\CC. The lowest BCUT2D eigenvalue weighted by molar-refractivity contribution is -0.870. The van der Waals surface area contributed by atoms with Crippen molar-refractivity contribution in [3.63, 3.8) is 0 Å². The zero-order valence-electron chi connectivity index (χ0n) is 52.4. The number of esters is 1. The summed E-state index contributed by atoms with van der Waals surface area (Å²) in [5.74, 6) is -0.631. The number of carbonyl (C=O) groups is 2. The predicted octanol–water partition coefficient (Wildman–Crippen LogP) is 19.6. The second kappa shape index (κ2) is 59.1. The number of ether oxygens (including phenoxy) is 1. The quantitative estimate of drug-likeness (QED) is 0.0212. The van der Waals surface area contributed by atoms with Gasteiger partial charge in [-0.15, -0.1) is 0 Å². The molecule has 0 heterocycles. The standard InChI is InChI=1S/C71H119N2O7P/c1-7-10-13-16-19-22-25-27-29-31-32-33-34-35-36-37-38-39-40-42-43-45-48-51-54-57-60-63-70(74)72-68(67-79-81(76,77)78-66-65-73(4,5)6)69(62-59-56-53-50-47-24-21-18-15-12-9-3)80-71(75)64-61-58-55-52-49-46-44-41-30-28-26-23-20-17-14-11-8-2/h10-11,13-14,19-20,22-23,27-30,32-33,35-36,38-39,44,46,52,55,59,62,68-69H,7-9,12,15-18,21,24-26,31,34,37,40-43,45,47-51,53-54,56-58,60-61,63-67H2,1-6H3,(H-,72,74,76,77)/b13-10-,14-11-,22-19-,23-20-,29-27-,30-28-,33-32-,36-35-,39-38-,46-44-,55-52-,62-59-. The Labute approximate surface area is 498 Å². The Balaban J connectivity index is 5.21. The largest absolute Gasteiger partial charge is 0.756 e. The van der Waals surface area contributed by atoms with Crippen LogP contribution >= 0.6 is 7.82 Å². The molecular formula is C71H119N2O7P. The maximum absolute atomic E-state index is 13.6. The Bertz CT molecular complexity index is 1890. The van der Waals surface area contributed by atoms with Crippen LogP contribution in [0.2, 0.25) is 0 Å². The van der Waals surface area contributed by atoms with Crippen molar-refractivity contribution >= 4 is 19.7 Å². The van der Waals surface area contributed by atoms with Crippen molar-refractivity contribution in [2.24, 2.45) is 0 Å². The fraction of sp³-hybridized carbons (Fsp3) is 0.634. The summed E-state index contributed by atoms with van der Waals surface area (Å²) in [4.78, 5) is 40.0. The summed E-state index contributed by atoms with van der Waals surface area (Å²) in [7, 11) is 1.13. The van der Waals surface area contributed by atoms with Crippen molar-refractivity contribution in [2.45, 2.75) is 251 Å². The number of allylic oxidation sites excluding steroid dienone is 23. The fourth-order valence-electron chi connectivity index (χ4n) is 8.38. The summed E-state index contributed by atoms with van der Waals surface area (Å²) in [6, 6.07) is -0.927. The van der Waals surface area contributed by atoms with Crippen molar-refractivity contribution in [3.8, 4) is 0 Å². The number of phosphoric acid groups is 1. The first-order chi connectivity index (χ1) is 39.4. The van der Waals surface area contributed by atoms with Crippen LogP contribution in [-0.2, 0) is 27.9 Å². The van der Waals surface area contributed by atoms with Crippen LogP contribution < -0.4 is 10.2 Å². The van der Waals surface area contributed by atoms with E-state index >= 15 is 0 Å². The molecule has 0 aromatic heterocycles. The van der Waals surface area contributed by atoms with E-state index in [2.05, 4.69) is 160 Å². The van der Waals surface area contributed by atoms with Crippen LogP contribution in [0, 0.1) is 0 Å². The summed E-state index contributed by atoms with van der Waals surface area (Å²) >= 11 is 0. The Morgan fingerprint density at radius 1 is 0.444 bits per heavy atom. The first-order valence-electron chi connectivity index (χ1n) is 32.1.